The lowest BCUT2D eigenvalue weighted by atomic mass is 10.1. The molecule has 1 aliphatic rings. The lowest BCUT2D eigenvalue weighted by molar-refractivity contribution is -0.0921. The van der Waals surface area contributed by atoms with E-state index in [1.54, 1.807) is 0 Å². The summed E-state index contributed by atoms with van der Waals surface area (Å²) in [6, 6.07) is 7.70. The number of hydrogen-bond donors (Lipinski definition) is 1. The van der Waals surface area contributed by atoms with Gasteiger partial charge in [0.2, 0.25) is 0 Å². The van der Waals surface area contributed by atoms with E-state index in [0.717, 1.165) is 11.1 Å². The molecular weight excluding hydrogens is 300 g/mol. The van der Waals surface area contributed by atoms with Crippen LogP contribution in [0.3, 0.4) is 0 Å². The highest BCUT2D eigenvalue weighted by Crippen LogP contribution is 2.07. The number of aliphatic hydroxyl groups excluding tert-OH is 1. The zero-order chi connectivity index (χ0) is 16.2. The third kappa shape index (κ3) is 7.87. The second kappa shape index (κ2) is 11.5. The van der Waals surface area contributed by atoms with Crippen molar-refractivity contribution in [2.45, 2.75) is 19.3 Å². The molecule has 1 aromatic rings. The van der Waals surface area contributed by atoms with Crippen molar-refractivity contribution < 1.29 is 28.8 Å². The standard InChI is InChI=1S/C17H26O6/c18-11-15-1-3-16(4-2-15)12-22-14-17-13-21-8-7-19-5-6-20-9-10-23-17/h1-4,17-18H,5-14H2. The van der Waals surface area contributed by atoms with Gasteiger partial charge in [0.1, 0.15) is 6.10 Å². The van der Waals surface area contributed by atoms with E-state index < -0.39 is 0 Å². The fourth-order valence-electron chi connectivity index (χ4n) is 2.12. The van der Waals surface area contributed by atoms with Crippen molar-refractivity contribution >= 4 is 0 Å². The normalized spacial score (nSPS) is 21.3. The van der Waals surface area contributed by atoms with Crippen LogP contribution in [-0.2, 0) is 36.9 Å². The van der Waals surface area contributed by atoms with Crippen LogP contribution >= 0.6 is 0 Å². The predicted octanol–water partition coefficient (Wildman–Crippen LogP) is 1.14. The van der Waals surface area contributed by atoms with E-state index in [4.69, 9.17) is 28.8 Å². The smallest absolute Gasteiger partial charge is 0.104 e. The summed E-state index contributed by atoms with van der Waals surface area (Å²) in [5.74, 6) is 0. The number of aliphatic hydroxyl groups is 1. The minimum Gasteiger partial charge on any atom is -0.392 e. The molecule has 0 radical (unpaired) electrons. The predicted molar refractivity (Wildman–Crippen MR) is 84.2 cm³/mol. The quantitative estimate of drug-likeness (QED) is 0.875. The molecule has 0 saturated carbocycles. The molecule has 1 saturated heterocycles. The summed E-state index contributed by atoms with van der Waals surface area (Å²) in [7, 11) is 0. The molecule has 1 unspecified atom stereocenters. The van der Waals surface area contributed by atoms with Gasteiger partial charge in [0.05, 0.1) is 66.1 Å². The largest absolute Gasteiger partial charge is 0.392 e. The first-order valence-electron chi connectivity index (χ1n) is 7.99. The first-order valence-corrected chi connectivity index (χ1v) is 7.99. The second-order valence-corrected chi connectivity index (χ2v) is 5.28. The van der Waals surface area contributed by atoms with E-state index in [1.807, 2.05) is 24.3 Å². The van der Waals surface area contributed by atoms with Crippen molar-refractivity contribution in [1.82, 2.24) is 0 Å². The third-order valence-electron chi connectivity index (χ3n) is 3.41. The molecule has 1 heterocycles. The Bertz CT molecular complexity index is 396. The Balaban J connectivity index is 1.69. The van der Waals surface area contributed by atoms with Crippen LogP contribution in [0.15, 0.2) is 24.3 Å². The summed E-state index contributed by atoms with van der Waals surface area (Å²) in [5, 5.41) is 9.02. The van der Waals surface area contributed by atoms with E-state index in [-0.39, 0.29) is 12.7 Å². The lowest BCUT2D eigenvalue weighted by Crippen LogP contribution is -2.29. The summed E-state index contributed by atoms with van der Waals surface area (Å²) in [6.07, 6.45) is -0.116. The van der Waals surface area contributed by atoms with Gasteiger partial charge in [0, 0.05) is 0 Å². The molecule has 1 fully saturated rings. The molecule has 6 heteroatoms. The number of hydrogen-bond acceptors (Lipinski definition) is 6. The Morgan fingerprint density at radius 1 is 0.870 bits per heavy atom. The Labute approximate surface area is 137 Å². The van der Waals surface area contributed by atoms with E-state index in [0.29, 0.717) is 59.5 Å². The lowest BCUT2D eigenvalue weighted by Gasteiger charge is -2.19. The van der Waals surface area contributed by atoms with Crippen molar-refractivity contribution in [3.05, 3.63) is 35.4 Å². The number of rotatable bonds is 5. The molecule has 1 N–H and O–H groups in total. The van der Waals surface area contributed by atoms with E-state index >= 15 is 0 Å². The highest BCUT2D eigenvalue weighted by Gasteiger charge is 2.11. The van der Waals surface area contributed by atoms with Crippen molar-refractivity contribution in [3.8, 4) is 0 Å². The zero-order valence-corrected chi connectivity index (χ0v) is 13.4. The highest BCUT2D eigenvalue weighted by molar-refractivity contribution is 5.21. The highest BCUT2D eigenvalue weighted by atomic mass is 16.6. The Hall–Kier alpha value is -1.02. The van der Waals surface area contributed by atoms with Crippen molar-refractivity contribution in [2.75, 3.05) is 52.9 Å². The molecule has 1 atom stereocenters. The minimum atomic E-state index is -0.116. The maximum Gasteiger partial charge on any atom is 0.104 e. The maximum absolute atomic E-state index is 9.02. The van der Waals surface area contributed by atoms with Gasteiger partial charge in [0.15, 0.2) is 0 Å². The Morgan fingerprint density at radius 2 is 1.48 bits per heavy atom. The van der Waals surface area contributed by atoms with Crippen LogP contribution in [0, 0.1) is 0 Å². The number of benzene rings is 1. The first kappa shape index (κ1) is 18.3. The minimum absolute atomic E-state index is 0.0557. The molecule has 0 amide bonds. The monoisotopic (exact) mass is 326 g/mol. The molecule has 6 nitrogen and oxygen atoms in total. The molecule has 0 bridgehead atoms. The van der Waals surface area contributed by atoms with E-state index in [9.17, 15) is 0 Å². The molecule has 1 aliphatic heterocycles. The van der Waals surface area contributed by atoms with Gasteiger partial charge in [-0.2, -0.15) is 0 Å². The molecule has 1 aromatic carbocycles. The second-order valence-electron chi connectivity index (χ2n) is 5.28. The van der Waals surface area contributed by atoms with Gasteiger partial charge < -0.3 is 28.8 Å². The van der Waals surface area contributed by atoms with Crippen molar-refractivity contribution in [3.63, 3.8) is 0 Å². The molecule has 0 aromatic heterocycles. The molecule has 130 valence electrons. The molecule has 2 rings (SSSR count). The van der Waals surface area contributed by atoms with Crippen molar-refractivity contribution in [1.29, 1.82) is 0 Å². The van der Waals surface area contributed by atoms with Crippen molar-refractivity contribution in [2.24, 2.45) is 0 Å². The average Bonchev–Trinajstić information content (AvgIpc) is 2.57. The Kier molecular flexibility index (Phi) is 9.16. The maximum atomic E-state index is 9.02. The van der Waals surface area contributed by atoms with E-state index in [2.05, 4.69) is 0 Å². The molecule has 0 spiro atoms. The topological polar surface area (TPSA) is 66.4 Å². The summed E-state index contributed by atoms with van der Waals surface area (Å²) in [6.45, 7) is 4.84. The third-order valence-corrected chi connectivity index (χ3v) is 3.41. The van der Waals surface area contributed by atoms with Crippen LogP contribution < -0.4 is 0 Å². The molecular formula is C17H26O6. The van der Waals surface area contributed by atoms with Crippen LogP contribution in [0.4, 0.5) is 0 Å². The SMILES string of the molecule is OCc1ccc(COCC2COCCOCCOCCO2)cc1. The van der Waals surface area contributed by atoms with Gasteiger partial charge in [-0.05, 0) is 11.1 Å². The zero-order valence-electron chi connectivity index (χ0n) is 13.4. The summed E-state index contributed by atoms with van der Waals surface area (Å²) >= 11 is 0. The van der Waals surface area contributed by atoms with Gasteiger partial charge in [-0.25, -0.2) is 0 Å². The first-order chi connectivity index (χ1) is 11.4. The van der Waals surface area contributed by atoms with Crippen LogP contribution in [-0.4, -0.2) is 64.1 Å². The average molecular weight is 326 g/mol. The van der Waals surface area contributed by atoms with Gasteiger partial charge in [0.25, 0.3) is 0 Å². The van der Waals surface area contributed by atoms with Crippen LogP contribution in [0.1, 0.15) is 11.1 Å². The van der Waals surface area contributed by atoms with Crippen LogP contribution in [0.2, 0.25) is 0 Å². The van der Waals surface area contributed by atoms with E-state index in [1.165, 1.54) is 0 Å². The summed E-state index contributed by atoms with van der Waals surface area (Å²) in [4.78, 5) is 0. The number of ether oxygens (including phenoxy) is 5. The fourth-order valence-corrected chi connectivity index (χ4v) is 2.12. The Morgan fingerprint density at radius 3 is 2.17 bits per heavy atom. The van der Waals surface area contributed by atoms with Crippen LogP contribution in [0.5, 0.6) is 0 Å². The summed E-state index contributed by atoms with van der Waals surface area (Å²) < 4.78 is 27.8. The van der Waals surface area contributed by atoms with Gasteiger partial charge in [-0.3, -0.25) is 0 Å². The van der Waals surface area contributed by atoms with Gasteiger partial charge >= 0.3 is 0 Å². The fraction of sp³-hybridized carbons (Fsp3) is 0.647. The summed E-state index contributed by atoms with van der Waals surface area (Å²) in [5.41, 5.74) is 1.96. The molecule has 23 heavy (non-hydrogen) atoms. The van der Waals surface area contributed by atoms with Gasteiger partial charge in [-0.1, -0.05) is 24.3 Å². The van der Waals surface area contributed by atoms with Gasteiger partial charge in [-0.15, -0.1) is 0 Å². The van der Waals surface area contributed by atoms with Crippen LogP contribution in [0.25, 0.3) is 0 Å². The molecule has 0 aliphatic carbocycles.